The maximum absolute atomic E-state index is 13.9. The van der Waals surface area contributed by atoms with E-state index in [9.17, 15) is 22.4 Å². The van der Waals surface area contributed by atoms with E-state index in [2.05, 4.69) is 15.1 Å². The van der Waals surface area contributed by atoms with E-state index in [0.29, 0.717) is 38.2 Å². The molecule has 2 aliphatic rings. The summed E-state index contributed by atoms with van der Waals surface area (Å²) in [4.78, 5) is 16.7. The molecule has 3 heterocycles. The molecule has 29 heavy (non-hydrogen) atoms. The number of carbonyl (C=O) groups is 1. The Hall–Kier alpha value is -2.42. The molecule has 0 unspecified atom stereocenters. The van der Waals surface area contributed by atoms with Gasteiger partial charge in [0, 0.05) is 31.7 Å². The highest BCUT2D eigenvalue weighted by atomic mass is 19.4. The van der Waals surface area contributed by atoms with Crippen molar-refractivity contribution in [3.05, 3.63) is 52.1 Å². The molecular formula is C20H22F4N4O. The van der Waals surface area contributed by atoms with E-state index in [0.717, 1.165) is 30.3 Å². The SMILES string of the molecule is CN1CCc2c(C(=O)N3CCC(c4cccc(F)c4C(F)(F)F)CC3)n[nH]c2C1. The van der Waals surface area contributed by atoms with Crippen LogP contribution in [0.2, 0.25) is 0 Å². The first-order valence-electron chi connectivity index (χ1n) is 9.65. The number of nitrogens with zero attached hydrogens (tertiary/aromatic N) is 3. The highest BCUT2D eigenvalue weighted by Crippen LogP contribution is 2.40. The van der Waals surface area contributed by atoms with Crippen LogP contribution in [0.15, 0.2) is 18.2 Å². The summed E-state index contributed by atoms with van der Waals surface area (Å²) in [5.74, 6) is -1.88. The van der Waals surface area contributed by atoms with E-state index >= 15 is 0 Å². The van der Waals surface area contributed by atoms with Crippen molar-refractivity contribution in [3.8, 4) is 0 Å². The number of carbonyl (C=O) groups excluding carboxylic acids is 1. The standard InChI is InChI=1S/C20H22F4N4O/c1-27-8-7-14-16(11-27)25-26-18(14)19(29)28-9-5-12(6-10-28)13-3-2-4-15(21)17(13)20(22,23)24/h2-4,12H,5-11H2,1H3,(H,25,26). The predicted molar refractivity (Wildman–Crippen MR) is 97.9 cm³/mol. The summed E-state index contributed by atoms with van der Waals surface area (Å²) in [6.45, 7) is 2.18. The van der Waals surface area contributed by atoms with Gasteiger partial charge in [-0.05, 0) is 43.9 Å². The van der Waals surface area contributed by atoms with Gasteiger partial charge in [-0.1, -0.05) is 12.1 Å². The number of hydrogen-bond acceptors (Lipinski definition) is 3. The van der Waals surface area contributed by atoms with Crippen molar-refractivity contribution in [2.24, 2.45) is 0 Å². The third kappa shape index (κ3) is 3.75. The van der Waals surface area contributed by atoms with Gasteiger partial charge in [0.25, 0.3) is 5.91 Å². The molecule has 0 spiro atoms. The number of alkyl halides is 3. The molecule has 0 radical (unpaired) electrons. The molecule has 0 atom stereocenters. The fourth-order valence-electron chi connectivity index (χ4n) is 4.35. The number of fused-ring (bicyclic) bond motifs is 1. The number of aromatic amines is 1. The van der Waals surface area contributed by atoms with Crippen molar-refractivity contribution in [2.75, 3.05) is 26.7 Å². The first-order valence-corrected chi connectivity index (χ1v) is 9.65. The molecule has 4 rings (SSSR count). The second kappa shape index (κ2) is 7.44. The molecule has 0 aliphatic carbocycles. The Morgan fingerprint density at radius 1 is 1.21 bits per heavy atom. The van der Waals surface area contributed by atoms with Gasteiger partial charge >= 0.3 is 6.18 Å². The Morgan fingerprint density at radius 2 is 1.93 bits per heavy atom. The fourth-order valence-corrected chi connectivity index (χ4v) is 4.35. The zero-order chi connectivity index (χ0) is 20.8. The number of likely N-dealkylation sites (N-methyl/N-ethyl adjacent to an activating group) is 1. The summed E-state index contributed by atoms with van der Waals surface area (Å²) >= 11 is 0. The van der Waals surface area contributed by atoms with Crippen LogP contribution in [-0.4, -0.2) is 52.6 Å². The van der Waals surface area contributed by atoms with Gasteiger partial charge in [-0.3, -0.25) is 9.89 Å². The predicted octanol–water partition coefficient (Wildman–Crippen LogP) is 3.58. The quantitative estimate of drug-likeness (QED) is 0.771. The van der Waals surface area contributed by atoms with Crippen LogP contribution in [0, 0.1) is 5.82 Å². The molecule has 1 aromatic heterocycles. The molecule has 1 N–H and O–H groups in total. The number of rotatable bonds is 2. The van der Waals surface area contributed by atoms with Crippen LogP contribution < -0.4 is 0 Å². The van der Waals surface area contributed by atoms with E-state index in [1.54, 1.807) is 4.90 Å². The Kier molecular flexibility index (Phi) is 5.10. The van der Waals surface area contributed by atoms with Gasteiger partial charge in [-0.2, -0.15) is 18.3 Å². The van der Waals surface area contributed by atoms with E-state index in [4.69, 9.17) is 0 Å². The summed E-state index contributed by atoms with van der Waals surface area (Å²) in [5, 5.41) is 7.14. The molecule has 5 nitrogen and oxygen atoms in total. The van der Waals surface area contributed by atoms with Gasteiger partial charge in [0.1, 0.15) is 5.82 Å². The van der Waals surface area contributed by atoms with E-state index in [1.807, 2.05) is 7.05 Å². The molecule has 1 aromatic carbocycles. The Balaban J connectivity index is 1.49. The summed E-state index contributed by atoms with van der Waals surface area (Å²) in [5.41, 5.74) is 1.07. The third-order valence-corrected chi connectivity index (χ3v) is 5.88. The number of likely N-dealkylation sites (tertiary alicyclic amines) is 1. The monoisotopic (exact) mass is 410 g/mol. The normalized spacial score (nSPS) is 18.7. The fraction of sp³-hybridized carbons (Fsp3) is 0.500. The zero-order valence-electron chi connectivity index (χ0n) is 16.0. The minimum absolute atomic E-state index is 0.0233. The maximum atomic E-state index is 13.9. The van der Waals surface area contributed by atoms with Gasteiger partial charge in [0.05, 0.1) is 11.3 Å². The van der Waals surface area contributed by atoms with Gasteiger partial charge in [0.15, 0.2) is 5.69 Å². The summed E-state index contributed by atoms with van der Waals surface area (Å²) < 4.78 is 53.8. The molecule has 9 heteroatoms. The second-order valence-electron chi connectivity index (χ2n) is 7.79. The summed E-state index contributed by atoms with van der Waals surface area (Å²) in [6, 6.07) is 3.49. The molecule has 0 bridgehead atoms. The van der Waals surface area contributed by atoms with Crippen LogP contribution in [0.25, 0.3) is 0 Å². The second-order valence-corrected chi connectivity index (χ2v) is 7.79. The lowest BCUT2D eigenvalue weighted by atomic mass is 9.86. The lowest BCUT2D eigenvalue weighted by Gasteiger charge is -2.33. The van der Waals surface area contributed by atoms with Gasteiger partial charge in [-0.25, -0.2) is 4.39 Å². The molecular weight excluding hydrogens is 388 g/mol. The lowest BCUT2D eigenvalue weighted by Crippen LogP contribution is -2.39. The van der Waals surface area contributed by atoms with Crippen molar-refractivity contribution in [1.29, 1.82) is 0 Å². The van der Waals surface area contributed by atoms with Crippen LogP contribution in [0.4, 0.5) is 17.6 Å². The maximum Gasteiger partial charge on any atom is 0.419 e. The average molecular weight is 410 g/mol. The van der Waals surface area contributed by atoms with E-state index in [-0.39, 0.29) is 11.5 Å². The lowest BCUT2D eigenvalue weighted by molar-refractivity contribution is -0.140. The highest BCUT2D eigenvalue weighted by Gasteiger charge is 2.39. The largest absolute Gasteiger partial charge is 0.419 e. The number of aromatic nitrogens is 2. The van der Waals surface area contributed by atoms with Crippen molar-refractivity contribution >= 4 is 5.91 Å². The summed E-state index contributed by atoms with van der Waals surface area (Å²) in [7, 11) is 2.00. The number of piperidine rings is 1. The topological polar surface area (TPSA) is 52.2 Å². The van der Waals surface area contributed by atoms with Gasteiger partial charge < -0.3 is 9.80 Å². The number of hydrogen-bond donors (Lipinski definition) is 1. The third-order valence-electron chi connectivity index (χ3n) is 5.88. The van der Waals surface area contributed by atoms with Crippen molar-refractivity contribution in [3.63, 3.8) is 0 Å². The first kappa shape index (κ1) is 19.9. The molecule has 0 saturated carbocycles. The van der Waals surface area contributed by atoms with Crippen LogP contribution >= 0.6 is 0 Å². The molecule has 156 valence electrons. The van der Waals surface area contributed by atoms with Crippen LogP contribution in [0.1, 0.15) is 51.6 Å². The van der Waals surface area contributed by atoms with Crippen LogP contribution in [-0.2, 0) is 19.1 Å². The van der Waals surface area contributed by atoms with Crippen LogP contribution in [0.3, 0.4) is 0 Å². The Labute approximate surface area is 165 Å². The molecule has 1 saturated heterocycles. The van der Waals surface area contributed by atoms with Gasteiger partial charge in [0.2, 0.25) is 0 Å². The Morgan fingerprint density at radius 3 is 2.62 bits per heavy atom. The minimum Gasteiger partial charge on any atom is -0.337 e. The zero-order valence-corrected chi connectivity index (χ0v) is 16.0. The number of amides is 1. The van der Waals surface area contributed by atoms with Gasteiger partial charge in [-0.15, -0.1) is 0 Å². The Bertz CT molecular complexity index is 916. The number of H-pyrrole nitrogens is 1. The van der Waals surface area contributed by atoms with Crippen molar-refractivity contribution in [2.45, 2.75) is 37.9 Å². The summed E-state index contributed by atoms with van der Waals surface area (Å²) in [6.07, 6.45) is -3.30. The highest BCUT2D eigenvalue weighted by molar-refractivity contribution is 5.94. The average Bonchev–Trinajstić information content (AvgIpc) is 3.09. The smallest absolute Gasteiger partial charge is 0.337 e. The molecule has 1 fully saturated rings. The molecule has 1 amide bonds. The minimum atomic E-state index is -4.74. The number of halogens is 4. The molecule has 2 aliphatic heterocycles. The molecule has 2 aromatic rings. The number of benzene rings is 1. The van der Waals surface area contributed by atoms with E-state index in [1.165, 1.54) is 12.1 Å². The first-order chi connectivity index (χ1) is 13.8. The van der Waals surface area contributed by atoms with Crippen LogP contribution in [0.5, 0.6) is 0 Å². The van der Waals surface area contributed by atoms with E-state index < -0.39 is 23.5 Å². The van der Waals surface area contributed by atoms with Crippen molar-refractivity contribution < 1.29 is 22.4 Å². The van der Waals surface area contributed by atoms with Crippen molar-refractivity contribution in [1.82, 2.24) is 20.0 Å². The number of nitrogens with one attached hydrogen (secondary N) is 1.